The first-order valence-corrected chi connectivity index (χ1v) is 11.6. The van der Waals surface area contributed by atoms with E-state index in [1.54, 1.807) is 13.8 Å². The molecule has 0 bridgehead atoms. The number of alkyl carbamates (subject to hydrolysis) is 1. The zero-order valence-electron chi connectivity index (χ0n) is 19.3. The van der Waals surface area contributed by atoms with Gasteiger partial charge in [-0.15, -0.1) is 0 Å². The summed E-state index contributed by atoms with van der Waals surface area (Å²) < 4.78 is 10.8. The summed E-state index contributed by atoms with van der Waals surface area (Å²) in [6.07, 6.45) is -0.893. The minimum Gasteiger partial charge on any atom is -0.479 e. The van der Waals surface area contributed by atoms with Crippen LogP contribution in [0.5, 0.6) is 0 Å². The van der Waals surface area contributed by atoms with Gasteiger partial charge in [-0.2, -0.15) is 0 Å². The predicted octanol–water partition coefficient (Wildman–Crippen LogP) is 3.16. The van der Waals surface area contributed by atoms with Gasteiger partial charge in [-0.05, 0) is 35.6 Å². The number of rotatable bonds is 8. The van der Waals surface area contributed by atoms with Gasteiger partial charge >= 0.3 is 12.1 Å². The van der Waals surface area contributed by atoms with E-state index in [0.29, 0.717) is 13.0 Å². The van der Waals surface area contributed by atoms with Crippen LogP contribution < -0.4 is 10.6 Å². The Balaban J connectivity index is 1.28. The lowest BCUT2D eigenvalue weighted by Crippen LogP contribution is -2.46. The summed E-state index contributed by atoms with van der Waals surface area (Å²) in [5.41, 5.74) is 4.58. The molecule has 2 amide bonds. The van der Waals surface area contributed by atoms with E-state index < -0.39 is 30.1 Å². The molecule has 2 aromatic rings. The second-order valence-corrected chi connectivity index (χ2v) is 8.97. The summed E-state index contributed by atoms with van der Waals surface area (Å²) in [5.74, 6) is -2.10. The van der Waals surface area contributed by atoms with Gasteiger partial charge in [-0.25, -0.2) is 9.59 Å². The largest absolute Gasteiger partial charge is 0.479 e. The van der Waals surface area contributed by atoms with Crippen molar-refractivity contribution in [1.82, 2.24) is 10.6 Å². The number of aliphatic carboxylic acids is 1. The molecule has 0 aromatic heterocycles. The molecule has 4 atom stereocenters. The van der Waals surface area contributed by atoms with E-state index in [4.69, 9.17) is 9.47 Å². The summed E-state index contributed by atoms with van der Waals surface area (Å²) in [4.78, 5) is 36.3. The van der Waals surface area contributed by atoms with Crippen molar-refractivity contribution in [3.05, 3.63) is 59.7 Å². The van der Waals surface area contributed by atoms with Crippen LogP contribution in [0.1, 0.15) is 37.3 Å². The lowest BCUT2D eigenvalue weighted by molar-refractivity contribution is -0.149. The topological polar surface area (TPSA) is 114 Å². The maximum atomic E-state index is 12.5. The number of benzene rings is 2. The summed E-state index contributed by atoms with van der Waals surface area (Å²) in [7, 11) is 0. The Morgan fingerprint density at radius 1 is 1.06 bits per heavy atom. The van der Waals surface area contributed by atoms with Gasteiger partial charge in [0.2, 0.25) is 5.91 Å². The number of carbonyl (C=O) groups excluding carboxylic acids is 2. The van der Waals surface area contributed by atoms with Crippen molar-refractivity contribution in [1.29, 1.82) is 0 Å². The molecule has 0 saturated carbocycles. The predicted molar refractivity (Wildman–Crippen MR) is 125 cm³/mol. The van der Waals surface area contributed by atoms with E-state index >= 15 is 0 Å². The van der Waals surface area contributed by atoms with E-state index in [-0.39, 0.29) is 30.9 Å². The molecule has 0 spiro atoms. The molecular formula is C26H30N2O6. The SMILES string of the molecule is CC(NC(=O)OCC1c2ccccc2-c2ccccc21)C(C)C(=O)NCC1CCOC1C(=O)O. The highest BCUT2D eigenvalue weighted by atomic mass is 16.5. The van der Waals surface area contributed by atoms with Crippen LogP contribution in [0.4, 0.5) is 4.79 Å². The van der Waals surface area contributed by atoms with Gasteiger partial charge in [0.05, 0.1) is 5.92 Å². The lowest BCUT2D eigenvalue weighted by Gasteiger charge is -2.22. The molecule has 0 radical (unpaired) electrons. The van der Waals surface area contributed by atoms with Gasteiger partial charge < -0.3 is 25.2 Å². The molecule has 2 aromatic carbocycles. The molecule has 4 unspecified atom stereocenters. The molecule has 1 heterocycles. The monoisotopic (exact) mass is 466 g/mol. The van der Waals surface area contributed by atoms with Crippen LogP contribution in [-0.2, 0) is 19.1 Å². The Kier molecular flexibility index (Phi) is 7.17. The van der Waals surface area contributed by atoms with Crippen molar-refractivity contribution >= 4 is 18.0 Å². The third-order valence-corrected chi connectivity index (χ3v) is 6.85. The fraction of sp³-hybridized carbons (Fsp3) is 0.423. The quantitative estimate of drug-likeness (QED) is 0.551. The standard InChI is InChI=1S/C26H30N2O6/c1-15(24(29)27-13-17-11-12-33-23(17)25(30)31)16(2)28-26(32)34-14-22-20-9-5-3-7-18(20)19-8-4-6-10-21(19)22/h3-10,15-17,22-23H,11-14H2,1-2H3,(H,27,29)(H,28,32)(H,30,31). The van der Waals surface area contributed by atoms with Crippen LogP contribution in [0.3, 0.4) is 0 Å². The number of amides is 2. The van der Waals surface area contributed by atoms with E-state index in [9.17, 15) is 19.5 Å². The number of fused-ring (bicyclic) bond motifs is 3. The number of nitrogens with one attached hydrogen (secondary N) is 2. The fourth-order valence-electron chi connectivity index (χ4n) is 4.69. The van der Waals surface area contributed by atoms with Crippen molar-refractivity contribution in [2.45, 2.75) is 38.3 Å². The first-order chi connectivity index (χ1) is 16.4. The van der Waals surface area contributed by atoms with Crippen LogP contribution >= 0.6 is 0 Å². The Morgan fingerprint density at radius 2 is 1.68 bits per heavy atom. The maximum absolute atomic E-state index is 12.5. The first kappa shape index (κ1) is 23.8. The molecule has 180 valence electrons. The highest BCUT2D eigenvalue weighted by Crippen LogP contribution is 2.44. The van der Waals surface area contributed by atoms with Crippen molar-refractivity contribution in [2.24, 2.45) is 11.8 Å². The van der Waals surface area contributed by atoms with Gasteiger partial charge in [-0.3, -0.25) is 4.79 Å². The zero-order chi connectivity index (χ0) is 24.2. The molecule has 1 fully saturated rings. The molecule has 8 heteroatoms. The normalized spacial score (nSPS) is 20.6. The lowest BCUT2D eigenvalue weighted by atomic mass is 9.98. The maximum Gasteiger partial charge on any atom is 0.407 e. The van der Waals surface area contributed by atoms with Crippen LogP contribution in [0.15, 0.2) is 48.5 Å². The van der Waals surface area contributed by atoms with E-state index in [2.05, 4.69) is 34.9 Å². The molecular weight excluding hydrogens is 436 g/mol. The average molecular weight is 467 g/mol. The van der Waals surface area contributed by atoms with E-state index in [1.807, 2.05) is 24.3 Å². The van der Waals surface area contributed by atoms with Gasteiger partial charge in [0.25, 0.3) is 0 Å². The van der Waals surface area contributed by atoms with Gasteiger partial charge in [-0.1, -0.05) is 55.5 Å². The fourth-order valence-corrected chi connectivity index (χ4v) is 4.69. The van der Waals surface area contributed by atoms with Gasteiger partial charge in [0.1, 0.15) is 6.61 Å². The number of carbonyl (C=O) groups is 3. The Hall–Kier alpha value is -3.39. The number of hydrogen-bond donors (Lipinski definition) is 3. The molecule has 1 aliphatic heterocycles. The number of carboxylic acid groups (broad SMARTS) is 1. The third kappa shape index (κ3) is 4.92. The summed E-state index contributed by atoms with van der Waals surface area (Å²) >= 11 is 0. The summed E-state index contributed by atoms with van der Waals surface area (Å²) in [6.45, 7) is 4.24. The molecule has 4 rings (SSSR count). The highest BCUT2D eigenvalue weighted by molar-refractivity contribution is 5.81. The van der Waals surface area contributed by atoms with E-state index in [1.165, 1.54) is 0 Å². The number of hydrogen-bond acceptors (Lipinski definition) is 5. The second kappa shape index (κ2) is 10.3. The first-order valence-electron chi connectivity index (χ1n) is 11.6. The highest BCUT2D eigenvalue weighted by Gasteiger charge is 2.35. The van der Waals surface area contributed by atoms with Crippen molar-refractivity contribution < 1.29 is 29.0 Å². The molecule has 8 nitrogen and oxygen atoms in total. The Bertz CT molecular complexity index is 1030. The number of carboxylic acids is 1. The second-order valence-electron chi connectivity index (χ2n) is 8.97. The molecule has 1 aliphatic carbocycles. The smallest absolute Gasteiger partial charge is 0.407 e. The Morgan fingerprint density at radius 3 is 2.29 bits per heavy atom. The summed E-state index contributed by atoms with van der Waals surface area (Å²) in [5, 5.41) is 14.7. The van der Waals surface area contributed by atoms with Crippen LogP contribution in [0.25, 0.3) is 11.1 Å². The van der Waals surface area contributed by atoms with Crippen LogP contribution in [-0.4, -0.2) is 55.0 Å². The van der Waals surface area contributed by atoms with Crippen molar-refractivity contribution in [2.75, 3.05) is 19.8 Å². The minimum atomic E-state index is -1.02. The summed E-state index contributed by atoms with van der Waals surface area (Å²) in [6, 6.07) is 15.8. The van der Waals surface area contributed by atoms with Crippen LogP contribution in [0.2, 0.25) is 0 Å². The van der Waals surface area contributed by atoms with Crippen molar-refractivity contribution in [3.8, 4) is 11.1 Å². The number of ether oxygens (including phenoxy) is 2. The van der Waals surface area contributed by atoms with Crippen molar-refractivity contribution in [3.63, 3.8) is 0 Å². The molecule has 2 aliphatic rings. The molecule has 34 heavy (non-hydrogen) atoms. The van der Waals surface area contributed by atoms with Crippen LogP contribution in [0, 0.1) is 11.8 Å². The molecule has 1 saturated heterocycles. The minimum absolute atomic E-state index is 0.0370. The average Bonchev–Trinajstić information content (AvgIpc) is 3.43. The van der Waals surface area contributed by atoms with Gasteiger partial charge in [0, 0.05) is 31.0 Å². The van der Waals surface area contributed by atoms with Gasteiger partial charge in [0.15, 0.2) is 6.10 Å². The third-order valence-electron chi connectivity index (χ3n) is 6.85. The van der Waals surface area contributed by atoms with E-state index in [0.717, 1.165) is 22.3 Å². The Labute approximate surface area is 198 Å². The zero-order valence-corrected chi connectivity index (χ0v) is 19.3. The molecule has 3 N–H and O–H groups in total.